The van der Waals surface area contributed by atoms with Crippen molar-refractivity contribution in [3.63, 3.8) is 0 Å². The maximum Gasteiger partial charge on any atom is 0.0809 e. The fraction of sp³-hybridized carbons (Fsp3) is 0.235. The standard InChI is InChI=1S/C17H18N2S/c1-11-4-5-12(2)16(8-11)19-13(3)14-9-17-15(18-10-14)6-7-20-17/h4-10,13,19H,1-3H3. The van der Waals surface area contributed by atoms with Crippen molar-refractivity contribution in [2.45, 2.75) is 26.8 Å². The Bertz CT molecular complexity index is 746. The number of thiophene rings is 1. The molecule has 102 valence electrons. The molecule has 2 nitrogen and oxygen atoms in total. The van der Waals surface area contributed by atoms with Crippen molar-refractivity contribution < 1.29 is 0 Å². The zero-order valence-corrected chi connectivity index (χ0v) is 12.8. The zero-order chi connectivity index (χ0) is 14.1. The molecule has 20 heavy (non-hydrogen) atoms. The summed E-state index contributed by atoms with van der Waals surface area (Å²) >= 11 is 1.74. The predicted octanol–water partition coefficient (Wildman–Crippen LogP) is 5.09. The lowest BCUT2D eigenvalue weighted by atomic mass is 10.1. The highest BCUT2D eigenvalue weighted by molar-refractivity contribution is 7.17. The van der Waals surface area contributed by atoms with E-state index in [1.807, 2.05) is 6.20 Å². The fourth-order valence-electron chi connectivity index (χ4n) is 2.31. The Labute approximate surface area is 123 Å². The average Bonchev–Trinajstić information content (AvgIpc) is 2.90. The van der Waals surface area contributed by atoms with Crippen LogP contribution in [0.25, 0.3) is 10.2 Å². The third-order valence-electron chi connectivity index (χ3n) is 3.59. The summed E-state index contributed by atoms with van der Waals surface area (Å²) in [6.45, 7) is 6.43. The number of benzene rings is 1. The van der Waals surface area contributed by atoms with Crippen LogP contribution in [0, 0.1) is 13.8 Å². The number of anilines is 1. The first-order valence-corrected chi connectivity index (χ1v) is 7.68. The van der Waals surface area contributed by atoms with Crippen molar-refractivity contribution in [1.82, 2.24) is 4.98 Å². The number of aryl methyl sites for hydroxylation is 2. The van der Waals surface area contributed by atoms with Gasteiger partial charge in [0.1, 0.15) is 0 Å². The SMILES string of the molecule is Cc1ccc(C)c(NC(C)c2cnc3ccsc3c2)c1. The van der Waals surface area contributed by atoms with Crippen LogP contribution in [0.1, 0.15) is 29.7 Å². The molecule has 2 heterocycles. The summed E-state index contributed by atoms with van der Waals surface area (Å²) in [6.07, 6.45) is 1.97. The van der Waals surface area contributed by atoms with Gasteiger partial charge in [-0.2, -0.15) is 0 Å². The summed E-state index contributed by atoms with van der Waals surface area (Å²) < 4.78 is 1.25. The first-order chi connectivity index (χ1) is 9.63. The van der Waals surface area contributed by atoms with Gasteiger partial charge in [0.15, 0.2) is 0 Å². The second-order valence-electron chi connectivity index (χ2n) is 5.26. The summed E-state index contributed by atoms with van der Waals surface area (Å²) in [6, 6.07) is 11.0. The largest absolute Gasteiger partial charge is 0.378 e. The van der Waals surface area contributed by atoms with Gasteiger partial charge in [0, 0.05) is 11.9 Å². The predicted molar refractivity (Wildman–Crippen MR) is 87.6 cm³/mol. The second-order valence-corrected chi connectivity index (χ2v) is 6.20. The Kier molecular flexibility index (Phi) is 3.45. The highest BCUT2D eigenvalue weighted by atomic mass is 32.1. The molecular weight excluding hydrogens is 264 g/mol. The summed E-state index contributed by atoms with van der Waals surface area (Å²) in [4.78, 5) is 4.51. The number of hydrogen-bond donors (Lipinski definition) is 1. The minimum Gasteiger partial charge on any atom is -0.378 e. The Morgan fingerprint density at radius 3 is 2.85 bits per heavy atom. The Hall–Kier alpha value is -1.87. The maximum absolute atomic E-state index is 4.51. The molecule has 1 N–H and O–H groups in total. The van der Waals surface area contributed by atoms with Crippen LogP contribution in [0.4, 0.5) is 5.69 Å². The molecule has 0 fully saturated rings. The Morgan fingerprint density at radius 2 is 2.00 bits per heavy atom. The lowest BCUT2D eigenvalue weighted by Crippen LogP contribution is -2.08. The van der Waals surface area contributed by atoms with Crippen LogP contribution in [0.5, 0.6) is 0 Å². The summed E-state index contributed by atoms with van der Waals surface area (Å²) in [5.74, 6) is 0. The molecule has 3 aromatic rings. The van der Waals surface area contributed by atoms with Gasteiger partial charge < -0.3 is 5.32 Å². The molecule has 0 saturated carbocycles. The third kappa shape index (κ3) is 2.54. The molecule has 3 heteroatoms. The van der Waals surface area contributed by atoms with Crippen LogP contribution in [-0.2, 0) is 0 Å². The molecule has 0 spiro atoms. The van der Waals surface area contributed by atoms with E-state index in [9.17, 15) is 0 Å². The van der Waals surface area contributed by atoms with Gasteiger partial charge in [-0.25, -0.2) is 0 Å². The molecule has 1 aromatic carbocycles. The van der Waals surface area contributed by atoms with E-state index < -0.39 is 0 Å². The van der Waals surface area contributed by atoms with Crippen LogP contribution in [0.3, 0.4) is 0 Å². The van der Waals surface area contributed by atoms with E-state index in [0.29, 0.717) is 0 Å². The van der Waals surface area contributed by atoms with E-state index in [1.165, 1.54) is 27.1 Å². The van der Waals surface area contributed by atoms with Gasteiger partial charge in [0.05, 0.1) is 16.3 Å². The molecule has 0 aliphatic carbocycles. The first-order valence-electron chi connectivity index (χ1n) is 6.80. The maximum atomic E-state index is 4.51. The number of nitrogens with zero attached hydrogens (tertiary/aromatic N) is 1. The lowest BCUT2D eigenvalue weighted by molar-refractivity contribution is 0.878. The van der Waals surface area contributed by atoms with E-state index in [1.54, 1.807) is 11.3 Å². The van der Waals surface area contributed by atoms with Gasteiger partial charge in [-0.3, -0.25) is 4.98 Å². The molecule has 0 amide bonds. The zero-order valence-electron chi connectivity index (χ0n) is 12.0. The Morgan fingerprint density at radius 1 is 1.15 bits per heavy atom. The normalized spacial score (nSPS) is 12.6. The van der Waals surface area contributed by atoms with Gasteiger partial charge >= 0.3 is 0 Å². The number of hydrogen-bond acceptors (Lipinski definition) is 3. The summed E-state index contributed by atoms with van der Waals surface area (Å²) in [7, 11) is 0. The van der Waals surface area contributed by atoms with Crippen molar-refractivity contribution in [2.24, 2.45) is 0 Å². The van der Waals surface area contributed by atoms with E-state index >= 15 is 0 Å². The minimum atomic E-state index is 0.245. The van der Waals surface area contributed by atoms with E-state index in [-0.39, 0.29) is 6.04 Å². The molecule has 0 aliphatic heterocycles. The number of rotatable bonds is 3. The van der Waals surface area contributed by atoms with E-state index in [4.69, 9.17) is 0 Å². The number of aromatic nitrogens is 1. The van der Waals surface area contributed by atoms with E-state index in [0.717, 1.165) is 5.52 Å². The van der Waals surface area contributed by atoms with Crippen molar-refractivity contribution in [2.75, 3.05) is 5.32 Å². The van der Waals surface area contributed by atoms with Crippen LogP contribution in [0.15, 0.2) is 41.9 Å². The minimum absolute atomic E-state index is 0.245. The van der Waals surface area contributed by atoms with Crippen molar-refractivity contribution in [3.8, 4) is 0 Å². The summed E-state index contributed by atoms with van der Waals surface area (Å²) in [5, 5.41) is 5.68. The number of fused-ring (bicyclic) bond motifs is 1. The average molecular weight is 282 g/mol. The van der Waals surface area contributed by atoms with Crippen LogP contribution in [-0.4, -0.2) is 4.98 Å². The topological polar surface area (TPSA) is 24.9 Å². The number of nitrogens with one attached hydrogen (secondary N) is 1. The second kappa shape index (κ2) is 5.25. The first kappa shape index (κ1) is 13.1. The molecule has 1 atom stereocenters. The van der Waals surface area contributed by atoms with E-state index in [2.05, 4.69) is 66.8 Å². The van der Waals surface area contributed by atoms with Crippen molar-refractivity contribution >= 4 is 27.2 Å². The smallest absolute Gasteiger partial charge is 0.0809 e. The van der Waals surface area contributed by atoms with Gasteiger partial charge in [0.2, 0.25) is 0 Å². The van der Waals surface area contributed by atoms with Crippen molar-refractivity contribution in [3.05, 3.63) is 58.6 Å². The number of pyridine rings is 1. The third-order valence-corrected chi connectivity index (χ3v) is 4.44. The van der Waals surface area contributed by atoms with Gasteiger partial charge in [-0.05, 0) is 61.0 Å². The Balaban J connectivity index is 1.88. The highest BCUT2D eigenvalue weighted by Gasteiger charge is 2.09. The van der Waals surface area contributed by atoms with Crippen molar-refractivity contribution in [1.29, 1.82) is 0 Å². The monoisotopic (exact) mass is 282 g/mol. The fourth-order valence-corrected chi connectivity index (χ4v) is 3.10. The van der Waals surface area contributed by atoms with Gasteiger partial charge in [-0.15, -0.1) is 11.3 Å². The molecule has 3 rings (SSSR count). The van der Waals surface area contributed by atoms with Crippen LogP contribution < -0.4 is 5.32 Å². The molecule has 0 aliphatic rings. The highest BCUT2D eigenvalue weighted by Crippen LogP contribution is 2.26. The molecule has 0 saturated heterocycles. The lowest BCUT2D eigenvalue weighted by Gasteiger charge is -2.17. The molecule has 1 unspecified atom stereocenters. The van der Waals surface area contributed by atoms with Crippen LogP contribution >= 0.6 is 11.3 Å². The quantitative estimate of drug-likeness (QED) is 0.724. The van der Waals surface area contributed by atoms with Crippen LogP contribution in [0.2, 0.25) is 0 Å². The van der Waals surface area contributed by atoms with Gasteiger partial charge in [-0.1, -0.05) is 12.1 Å². The van der Waals surface area contributed by atoms with Gasteiger partial charge in [0.25, 0.3) is 0 Å². The molecular formula is C17H18N2S. The molecule has 0 bridgehead atoms. The molecule has 2 aromatic heterocycles. The molecule has 0 radical (unpaired) electrons. The summed E-state index contributed by atoms with van der Waals surface area (Å²) in [5.41, 5.74) is 6.05.